The molecule has 0 bridgehead atoms. The van der Waals surface area contributed by atoms with Crippen LogP contribution < -0.4 is 4.74 Å². The van der Waals surface area contributed by atoms with Crippen LogP contribution in [-0.2, 0) is 14.8 Å². The highest BCUT2D eigenvalue weighted by Crippen LogP contribution is 2.29. The zero-order chi connectivity index (χ0) is 14.9. The molecule has 1 saturated heterocycles. The molecule has 0 amide bonds. The summed E-state index contributed by atoms with van der Waals surface area (Å²) in [4.78, 5) is 0.235. The number of benzene rings is 1. The Morgan fingerprint density at radius 2 is 1.90 bits per heavy atom. The molecule has 20 heavy (non-hydrogen) atoms. The van der Waals surface area contributed by atoms with E-state index in [9.17, 15) is 8.42 Å². The lowest BCUT2D eigenvalue weighted by Crippen LogP contribution is -2.48. The third kappa shape index (κ3) is 3.16. The van der Waals surface area contributed by atoms with Crippen LogP contribution in [0.25, 0.3) is 0 Å². The Balaban J connectivity index is 2.34. The number of ether oxygens (including phenoxy) is 2. The van der Waals surface area contributed by atoms with Crippen LogP contribution in [0.15, 0.2) is 27.6 Å². The number of nitrogens with zero attached hydrogens (tertiary/aromatic N) is 1. The molecule has 1 fully saturated rings. The standard InChI is InChI=1S/C13H18BrNO4S/c1-9-7-15(8-10(2)19-9)20(16,17)11-4-5-12(14)13(6-11)18-3/h4-6,9-10H,7-8H2,1-3H3/t9-,10+. The Morgan fingerprint density at radius 1 is 1.30 bits per heavy atom. The lowest BCUT2D eigenvalue weighted by Gasteiger charge is -2.34. The van der Waals surface area contributed by atoms with Crippen molar-refractivity contribution >= 4 is 26.0 Å². The molecule has 0 aromatic heterocycles. The van der Waals surface area contributed by atoms with Gasteiger partial charge in [-0.3, -0.25) is 0 Å². The second-order valence-electron chi connectivity index (χ2n) is 4.88. The van der Waals surface area contributed by atoms with E-state index in [4.69, 9.17) is 9.47 Å². The largest absolute Gasteiger partial charge is 0.496 e. The van der Waals surface area contributed by atoms with Crippen LogP contribution in [0, 0.1) is 0 Å². The van der Waals surface area contributed by atoms with Gasteiger partial charge in [-0.2, -0.15) is 4.31 Å². The zero-order valence-corrected chi connectivity index (χ0v) is 14.1. The average Bonchev–Trinajstić information content (AvgIpc) is 2.37. The number of hydrogen-bond donors (Lipinski definition) is 0. The van der Waals surface area contributed by atoms with Gasteiger partial charge in [-0.15, -0.1) is 0 Å². The molecule has 2 rings (SSSR count). The van der Waals surface area contributed by atoms with Crippen molar-refractivity contribution < 1.29 is 17.9 Å². The smallest absolute Gasteiger partial charge is 0.243 e. The monoisotopic (exact) mass is 363 g/mol. The summed E-state index contributed by atoms with van der Waals surface area (Å²) in [5.41, 5.74) is 0. The molecule has 0 aliphatic carbocycles. The molecule has 2 atom stereocenters. The van der Waals surface area contributed by atoms with Gasteiger partial charge >= 0.3 is 0 Å². The van der Waals surface area contributed by atoms with E-state index in [1.54, 1.807) is 12.1 Å². The Bertz CT molecular complexity index is 580. The van der Waals surface area contributed by atoms with Crippen molar-refractivity contribution in [3.63, 3.8) is 0 Å². The van der Waals surface area contributed by atoms with Crippen LogP contribution in [0.3, 0.4) is 0 Å². The molecule has 0 radical (unpaired) electrons. The highest BCUT2D eigenvalue weighted by Gasteiger charge is 2.32. The summed E-state index contributed by atoms with van der Waals surface area (Å²) >= 11 is 3.32. The van der Waals surface area contributed by atoms with Gasteiger partial charge < -0.3 is 9.47 Å². The molecule has 1 aromatic rings. The fourth-order valence-corrected chi connectivity index (χ4v) is 4.29. The first-order valence-corrected chi connectivity index (χ1v) is 8.57. The van der Waals surface area contributed by atoms with Crippen molar-refractivity contribution in [3.05, 3.63) is 22.7 Å². The third-order valence-corrected chi connectivity index (χ3v) is 5.63. The van der Waals surface area contributed by atoms with Gasteiger partial charge in [0.25, 0.3) is 0 Å². The zero-order valence-electron chi connectivity index (χ0n) is 11.7. The molecule has 1 aliphatic heterocycles. The minimum Gasteiger partial charge on any atom is -0.496 e. The van der Waals surface area contributed by atoms with Gasteiger partial charge in [0.2, 0.25) is 10.0 Å². The average molecular weight is 364 g/mol. The Hall–Kier alpha value is -0.630. The highest BCUT2D eigenvalue weighted by molar-refractivity contribution is 9.10. The molecular formula is C13H18BrNO4S. The lowest BCUT2D eigenvalue weighted by molar-refractivity contribution is -0.0440. The Kier molecular flexibility index (Phi) is 4.73. The van der Waals surface area contributed by atoms with Crippen molar-refractivity contribution in [3.8, 4) is 5.75 Å². The van der Waals surface area contributed by atoms with E-state index in [-0.39, 0.29) is 17.1 Å². The van der Waals surface area contributed by atoms with Crippen molar-refractivity contribution in [1.29, 1.82) is 0 Å². The first-order chi connectivity index (χ1) is 9.34. The van der Waals surface area contributed by atoms with E-state index in [0.29, 0.717) is 18.8 Å². The van der Waals surface area contributed by atoms with Crippen LogP contribution in [0.1, 0.15) is 13.8 Å². The molecule has 1 heterocycles. The van der Waals surface area contributed by atoms with Gasteiger partial charge in [-0.1, -0.05) is 0 Å². The van der Waals surface area contributed by atoms with Crippen LogP contribution in [0.5, 0.6) is 5.75 Å². The summed E-state index contributed by atoms with van der Waals surface area (Å²) in [6.45, 7) is 4.48. The van der Waals surface area contributed by atoms with E-state index >= 15 is 0 Å². The second kappa shape index (κ2) is 6.01. The predicted octanol–water partition coefficient (Wildman–Crippen LogP) is 2.26. The predicted molar refractivity (Wildman–Crippen MR) is 79.5 cm³/mol. The maximum atomic E-state index is 12.7. The van der Waals surface area contributed by atoms with Crippen molar-refractivity contribution in [2.45, 2.75) is 31.0 Å². The fourth-order valence-electron chi connectivity index (χ4n) is 2.28. The summed E-state index contributed by atoms with van der Waals surface area (Å²) in [5, 5.41) is 0. The molecular weight excluding hydrogens is 346 g/mol. The molecule has 0 saturated carbocycles. The van der Waals surface area contributed by atoms with Crippen LogP contribution in [0.4, 0.5) is 0 Å². The van der Waals surface area contributed by atoms with Gasteiger partial charge in [0.05, 0.1) is 28.7 Å². The van der Waals surface area contributed by atoms with E-state index in [0.717, 1.165) is 4.47 Å². The molecule has 1 aliphatic rings. The molecule has 0 N–H and O–H groups in total. The van der Waals surface area contributed by atoms with Crippen molar-refractivity contribution in [2.75, 3.05) is 20.2 Å². The molecule has 7 heteroatoms. The van der Waals surface area contributed by atoms with E-state index in [1.165, 1.54) is 17.5 Å². The molecule has 112 valence electrons. The summed E-state index contributed by atoms with van der Waals surface area (Å²) in [7, 11) is -2.02. The van der Waals surface area contributed by atoms with Gasteiger partial charge in [0.1, 0.15) is 5.75 Å². The van der Waals surface area contributed by atoms with E-state index < -0.39 is 10.0 Å². The molecule has 0 unspecified atom stereocenters. The van der Waals surface area contributed by atoms with Gasteiger partial charge in [-0.25, -0.2) is 8.42 Å². The van der Waals surface area contributed by atoms with Crippen molar-refractivity contribution in [1.82, 2.24) is 4.31 Å². The van der Waals surface area contributed by atoms with Gasteiger partial charge in [0.15, 0.2) is 0 Å². The molecule has 5 nitrogen and oxygen atoms in total. The van der Waals surface area contributed by atoms with Crippen LogP contribution >= 0.6 is 15.9 Å². The minimum absolute atomic E-state index is 0.106. The third-order valence-electron chi connectivity index (χ3n) is 3.15. The normalized spacial score (nSPS) is 24.6. The summed E-state index contributed by atoms with van der Waals surface area (Å²) in [6, 6.07) is 4.79. The number of morpholine rings is 1. The highest BCUT2D eigenvalue weighted by atomic mass is 79.9. The van der Waals surface area contributed by atoms with Gasteiger partial charge in [0, 0.05) is 19.2 Å². The quantitative estimate of drug-likeness (QED) is 0.826. The number of halogens is 1. The SMILES string of the molecule is COc1cc(S(=O)(=O)N2C[C@@H](C)O[C@@H](C)C2)ccc1Br. The number of methoxy groups -OCH3 is 1. The maximum Gasteiger partial charge on any atom is 0.243 e. The number of rotatable bonds is 3. The first-order valence-electron chi connectivity index (χ1n) is 6.33. The summed E-state index contributed by atoms with van der Waals surface area (Å²) in [6.07, 6.45) is -0.211. The molecule has 0 spiro atoms. The second-order valence-corrected chi connectivity index (χ2v) is 7.67. The fraction of sp³-hybridized carbons (Fsp3) is 0.538. The van der Waals surface area contributed by atoms with E-state index in [1.807, 2.05) is 13.8 Å². The number of sulfonamides is 1. The topological polar surface area (TPSA) is 55.8 Å². The minimum atomic E-state index is -3.52. The Labute approximate surface area is 128 Å². The van der Waals surface area contributed by atoms with Crippen LogP contribution in [-0.4, -0.2) is 45.1 Å². The first kappa shape index (κ1) is 15.8. The van der Waals surface area contributed by atoms with Crippen LogP contribution in [0.2, 0.25) is 0 Å². The maximum absolute atomic E-state index is 12.7. The Morgan fingerprint density at radius 3 is 2.45 bits per heavy atom. The van der Waals surface area contributed by atoms with E-state index in [2.05, 4.69) is 15.9 Å². The lowest BCUT2D eigenvalue weighted by atomic mass is 10.3. The summed E-state index contributed by atoms with van der Waals surface area (Å²) < 4.78 is 38.2. The van der Waals surface area contributed by atoms with Gasteiger partial charge in [-0.05, 0) is 41.9 Å². The van der Waals surface area contributed by atoms with Crippen molar-refractivity contribution in [2.24, 2.45) is 0 Å². The summed E-state index contributed by atoms with van der Waals surface area (Å²) in [5.74, 6) is 0.500. The molecule has 1 aromatic carbocycles. The number of hydrogen-bond acceptors (Lipinski definition) is 4.